The second kappa shape index (κ2) is 6.73. The van der Waals surface area contributed by atoms with Crippen LogP contribution in [0.5, 0.6) is 0 Å². The van der Waals surface area contributed by atoms with Crippen LogP contribution in [0.2, 0.25) is 0 Å². The molecule has 0 aliphatic carbocycles. The van der Waals surface area contributed by atoms with Crippen molar-refractivity contribution < 1.29 is 9.84 Å². The molecule has 0 radical (unpaired) electrons. The van der Waals surface area contributed by atoms with E-state index < -0.39 is 6.10 Å². The van der Waals surface area contributed by atoms with Crippen LogP contribution in [-0.4, -0.2) is 31.9 Å². The van der Waals surface area contributed by atoms with E-state index in [9.17, 15) is 5.11 Å². The summed E-state index contributed by atoms with van der Waals surface area (Å²) < 4.78 is 6.33. The number of hydrogen-bond donors (Lipinski definition) is 1. The smallest absolute Gasteiger partial charge is 0.0762 e. The van der Waals surface area contributed by atoms with Gasteiger partial charge in [-0.3, -0.25) is 0 Å². The van der Waals surface area contributed by atoms with Gasteiger partial charge in [-0.25, -0.2) is 0 Å². The van der Waals surface area contributed by atoms with Crippen LogP contribution < -0.4 is 4.90 Å². The molecule has 0 saturated carbocycles. The lowest BCUT2D eigenvalue weighted by Gasteiger charge is -2.35. The zero-order chi connectivity index (χ0) is 13.8. The minimum Gasteiger partial charge on any atom is -0.389 e. The van der Waals surface area contributed by atoms with Gasteiger partial charge < -0.3 is 14.7 Å². The quantitative estimate of drug-likeness (QED) is 0.920. The zero-order valence-electron chi connectivity index (χ0n) is 11.6. The van der Waals surface area contributed by atoms with Gasteiger partial charge in [0.15, 0.2) is 0 Å². The van der Waals surface area contributed by atoms with Gasteiger partial charge in [-0.2, -0.15) is 0 Å². The third kappa shape index (κ3) is 3.71. The lowest BCUT2D eigenvalue weighted by Crippen LogP contribution is -2.37. The topological polar surface area (TPSA) is 32.7 Å². The van der Waals surface area contributed by atoms with Gasteiger partial charge in [-0.05, 0) is 59.3 Å². The molecule has 0 bridgehead atoms. The Hall–Kier alpha value is -0.580. The molecule has 106 valence electrons. The van der Waals surface area contributed by atoms with Crippen LogP contribution in [-0.2, 0) is 4.74 Å². The van der Waals surface area contributed by atoms with E-state index in [4.69, 9.17) is 4.74 Å². The van der Waals surface area contributed by atoms with Gasteiger partial charge in [-0.1, -0.05) is 6.07 Å². The van der Waals surface area contributed by atoms with E-state index in [2.05, 4.69) is 26.9 Å². The third-order valence-corrected chi connectivity index (χ3v) is 4.35. The first-order chi connectivity index (χ1) is 9.11. The predicted octanol–water partition coefficient (Wildman–Crippen LogP) is 3.37. The Kier molecular flexibility index (Phi) is 5.25. The first-order valence-electron chi connectivity index (χ1n) is 6.83. The molecule has 0 aromatic heterocycles. The van der Waals surface area contributed by atoms with Crippen LogP contribution in [0.15, 0.2) is 22.7 Å². The highest BCUT2D eigenvalue weighted by molar-refractivity contribution is 9.10. The summed E-state index contributed by atoms with van der Waals surface area (Å²) in [7, 11) is 1.77. The molecule has 1 N–H and O–H groups in total. The summed E-state index contributed by atoms with van der Waals surface area (Å²) in [5.74, 6) is 0.613. The molecule has 4 heteroatoms. The highest BCUT2D eigenvalue weighted by Crippen LogP contribution is 2.32. The Balaban J connectivity index is 2.12. The van der Waals surface area contributed by atoms with Gasteiger partial charge in [0, 0.05) is 24.7 Å². The van der Waals surface area contributed by atoms with E-state index in [0.29, 0.717) is 5.92 Å². The summed E-state index contributed by atoms with van der Waals surface area (Å²) in [6, 6.07) is 6.12. The number of nitrogens with zero attached hydrogens (tertiary/aromatic N) is 1. The number of methoxy groups -OCH3 is 1. The van der Waals surface area contributed by atoms with E-state index in [0.717, 1.165) is 29.7 Å². The average Bonchev–Trinajstić information content (AvgIpc) is 2.39. The minimum atomic E-state index is -0.423. The summed E-state index contributed by atoms with van der Waals surface area (Å²) in [6.45, 7) is 4.75. The number of anilines is 1. The van der Waals surface area contributed by atoms with E-state index in [1.165, 1.54) is 18.5 Å². The van der Waals surface area contributed by atoms with Crippen molar-refractivity contribution in [2.45, 2.75) is 25.9 Å². The minimum absolute atomic E-state index is 0.423. The first-order valence-corrected chi connectivity index (χ1v) is 7.62. The van der Waals surface area contributed by atoms with Crippen molar-refractivity contribution in [2.24, 2.45) is 5.92 Å². The zero-order valence-corrected chi connectivity index (χ0v) is 13.2. The molecular weight excluding hydrogens is 306 g/mol. The molecule has 1 aliphatic heterocycles. The number of piperidine rings is 1. The van der Waals surface area contributed by atoms with E-state index in [1.807, 2.05) is 12.1 Å². The van der Waals surface area contributed by atoms with Crippen molar-refractivity contribution in [3.05, 3.63) is 28.2 Å². The van der Waals surface area contributed by atoms with E-state index in [-0.39, 0.29) is 0 Å². The van der Waals surface area contributed by atoms with Gasteiger partial charge in [0.05, 0.1) is 18.4 Å². The second-order valence-electron chi connectivity index (χ2n) is 5.30. The molecule has 1 heterocycles. The lowest BCUT2D eigenvalue weighted by atomic mass is 9.98. The fourth-order valence-corrected chi connectivity index (χ4v) is 3.34. The molecule has 2 unspecified atom stereocenters. The summed E-state index contributed by atoms with van der Waals surface area (Å²) in [5, 5.41) is 9.61. The summed E-state index contributed by atoms with van der Waals surface area (Å²) in [4.78, 5) is 2.41. The van der Waals surface area contributed by atoms with Crippen LogP contribution >= 0.6 is 15.9 Å². The van der Waals surface area contributed by atoms with Crippen molar-refractivity contribution in [1.29, 1.82) is 0 Å². The predicted molar refractivity (Wildman–Crippen MR) is 81.6 cm³/mol. The molecule has 1 aliphatic rings. The number of halogens is 1. The molecule has 1 saturated heterocycles. The number of aliphatic hydroxyl groups excluding tert-OH is 1. The normalized spacial score (nSPS) is 21.5. The summed E-state index contributed by atoms with van der Waals surface area (Å²) in [6.07, 6.45) is 2.03. The van der Waals surface area contributed by atoms with Crippen molar-refractivity contribution >= 4 is 21.6 Å². The summed E-state index contributed by atoms with van der Waals surface area (Å²) in [5.41, 5.74) is 2.16. The van der Waals surface area contributed by atoms with Crippen LogP contribution in [0.25, 0.3) is 0 Å². The standard InChI is InChI=1S/C15H22BrNO2/c1-11(18)13-5-6-15(14(16)8-13)17-7-3-4-12(9-17)10-19-2/h5-6,8,11-12,18H,3-4,7,9-10H2,1-2H3. The van der Waals surface area contributed by atoms with Gasteiger partial charge >= 0.3 is 0 Å². The van der Waals surface area contributed by atoms with Crippen LogP contribution in [0.4, 0.5) is 5.69 Å². The Morgan fingerprint density at radius 3 is 2.95 bits per heavy atom. The fourth-order valence-electron chi connectivity index (χ4n) is 2.70. The molecule has 2 rings (SSSR count). The molecule has 2 atom stereocenters. The molecule has 1 aromatic rings. The fraction of sp³-hybridized carbons (Fsp3) is 0.600. The maximum atomic E-state index is 9.61. The van der Waals surface area contributed by atoms with Crippen LogP contribution in [0, 0.1) is 5.92 Å². The summed E-state index contributed by atoms with van der Waals surface area (Å²) >= 11 is 3.63. The monoisotopic (exact) mass is 327 g/mol. The largest absolute Gasteiger partial charge is 0.389 e. The van der Waals surface area contributed by atoms with Crippen molar-refractivity contribution in [2.75, 3.05) is 31.7 Å². The Labute approximate surface area is 123 Å². The van der Waals surface area contributed by atoms with Gasteiger partial charge in [-0.15, -0.1) is 0 Å². The number of ether oxygens (including phenoxy) is 1. The maximum Gasteiger partial charge on any atom is 0.0762 e. The lowest BCUT2D eigenvalue weighted by molar-refractivity contribution is 0.143. The van der Waals surface area contributed by atoms with Gasteiger partial charge in [0.25, 0.3) is 0 Å². The third-order valence-electron chi connectivity index (χ3n) is 3.72. The molecular formula is C15H22BrNO2. The van der Waals surface area contributed by atoms with Gasteiger partial charge in [0.2, 0.25) is 0 Å². The van der Waals surface area contributed by atoms with E-state index in [1.54, 1.807) is 14.0 Å². The number of hydrogen-bond acceptors (Lipinski definition) is 3. The average molecular weight is 328 g/mol. The molecule has 1 aromatic carbocycles. The maximum absolute atomic E-state index is 9.61. The van der Waals surface area contributed by atoms with Crippen LogP contribution in [0.3, 0.4) is 0 Å². The molecule has 0 amide bonds. The Morgan fingerprint density at radius 1 is 1.53 bits per heavy atom. The Morgan fingerprint density at radius 2 is 2.32 bits per heavy atom. The van der Waals surface area contributed by atoms with Crippen molar-refractivity contribution in [3.63, 3.8) is 0 Å². The second-order valence-corrected chi connectivity index (χ2v) is 6.15. The van der Waals surface area contributed by atoms with Crippen molar-refractivity contribution in [1.82, 2.24) is 0 Å². The molecule has 19 heavy (non-hydrogen) atoms. The van der Waals surface area contributed by atoms with Crippen molar-refractivity contribution in [3.8, 4) is 0 Å². The number of rotatable bonds is 4. The van der Waals surface area contributed by atoms with E-state index >= 15 is 0 Å². The van der Waals surface area contributed by atoms with Crippen LogP contribution in [0.1, 0.15) is 31.4 Å². The number of benzene rings is 1. The Bertz CT molecular complexity index is 421. The first kappa shape index (κ1) is 14.8. The van der Waals surface area contributed by atoms with Gasteiger partial charge in [0.1, 0.15) is 0 Å². The SMILES string of the molecule is COCC1CCCN(c2ccc(C(C)O)cc2Br)C1. The molecule has 1 fully saturated rings. The molecule has 3 nitrogen and oxygen atoms in total. The number of aliphatic hydroxyl groups is 1. The highest BCUT2D eigenvalue weighted by Gasteiger charge is 2.21. The molecule has 0 spiro atoms. The highest BCUT2D eigenvalue weighted by atomic mass is 79.9.